The van der Waals surface area contributed by atoms with Gasteiger partial charge in [-0.15, -0.1) is 11.3 Å². The first-order valence-electron chi connectivity index (χ1n) is 10.1. The van der Waals surface area contributed by atoms with Gasteiger partial charge in [0.1, 0.15) is 11.8 Å². The van der Waals surface area contributed by atoms with E-state index >= 15 is 0 Å². The van der Waals surface area contributed by atoms with Crippen LogP contribution in [0.25, 0.3) is 0 Å². The van der Waals surface area contributed by atoms with Crippen LogP contribution in [0.15, 0.2) is 46.9 Å². The number of rotatable bonds is 6. The quantitative estimate of drug-likeness (QED) is 0.792. The van der Waals surface area contributed by atoms with Crippen LogP contribution < -0.4 is 5.32 Å². The Kier molecular flexibility index (Phi) is 5.94. The number of hydrogen-bond donors (Lipinski definition) is 1. The van der Waals surface area contributed by atoms with Crippen molar-refractivity contribution in [3.05, 3.63) is 57.8 Å². The van der Waals surface area contributed by atoms with Crippen LogP contribution in [-0.2, 0) is 27.4 Å². The minimum atomic E-state index is -0.536. The Morgan fingerprint density at radius 2 is 2.14 bits per heavy atom. The molecule has 7 heteroatoms. The number of fused-ring (bicyclic) bond motifs is 1. The highest BCUT2D eigenvalue weighted by molar-refractivity contribution is 7.10. The van der Waals surface area contributed by atoms with Gasteiger partial charge in [0, 0.05) is 24.4 Å². The minimum Gasteiger partial charge on any atom is -0.387 e. The van der Waals surface area contributed by atoms with Gasteiger partial charge in [-0.25, -0.2) is 0 Å². The van der Waals surface area contributed by atoms with E-state index in [4.69, 9.17) is 4.84 Å². The van der Waals surface area contributed by atoms with Gasteiger partial charge in [-0.1, -0.05) is 48.8 Å². The lowest BCUT2D eigenvalue weighted by molar-refractivity contribution is -0.136. The Labute approximate surface area is 174 Å². The molecule has 0 saturated heterocycles. The molecule has 4 rings (SSSR count). The zero-order valence-corrected chi connectivity index (χ0v) is 17.3. The highest BCUT2D eigenvalue weighted by Gasteiger charge is 2.32. The molecule has 0 saturated carbocycles. The lowest BCUT2D eigenvalue weighted by Crippen LogP contribution is -2.51. The summed E-state index contributed by atoms with van der Waals surface area (Å²) in [6.07, 6.45) is 2.45. The van der Waals surface area contributed by atoms with Crippen molar-refractivity contribution in [1.82, 2.24) is 10.2 Å². The Morgan fingerprint density at radius 3 is 2.93 bits per heavy atom. The maximum atomic E-state index is 13.1. The Morgan fingerprint density at radius 1 is 1.31 bits per heavy atom. The molecule has 2 amide bonds. The van der Waals surface area contributed by atoms with Gasteiger partial charge in [-0.05, 0) is 35.4 Å². The summed E-state index contributed by atoms with van der Waals surface area (Å²) in [5, 5.41) is 8.97. The number of nitrogens with zero attached hydrogens (tertiary/aromatic N) is 2. The van der Waals surface area contributed by atoms with Gasteiger partial charge in [-0.3, -0.25) is 9.59 Å². The number of carbonyl (C=O) groups is 2. The van der Waals surface area contributed by atoms with E-state index in [0.717, 1.165) is 18.4 Å². The minimum absolute atomic E-state index is 0.0174. The molecule has 0 aliphatic carbocycles. The van der Waals surface area contributed by atoms with Crippen molar-refractivity contribution < 1.29 is 14.4 Å². The maximum Gasteiger partial charge on any atom is 0.269 e. The molecular formula is C22H25N3O3S. The van der Waals surface area contributed by atoms with Crippen LogP contribution in [-0.4, -0.2) is 35.0 Å². The van der Waals surface area contributed by atoms with Gasteiger partial charge in [0.25, 0.3) is 5.91 Å². The monoisotopic (exact) mass is 411 g/mol. The summed E-state index contributed by atoms with van der Waals surface area (Å²) >= 11 is 1.75. The lowest BCUT2D eigenvalue weighted by Gasteiger charge is -2.30. The standard InChI is InChI=1S/C22H25N3O3S/c1-2-6-17(22(27)25-11-9-20-16(14-25)10-12-29-20)23-21(26)18-13-19(28-24-18)15-7-4-3-5-8-15/h3-5,7-8,10,12,17,19H,2,6,9,11,13-14H2,1H3,(H,23,26). The van der Waals surface area contributed by atoms with Crippen molar-refractivity contribution in [2.75, 3.05) is 6.54 Å². The first-order chi connectivity index (χ1) is 14.2. The number of nitrogens with one attached hydrogen (secondary N) is 1. The number of thiophene rings is 1. The summed E-state index contributed by atoms with van der Waals surface area (Å²) in [6, 6.07) is 11.3. The zero-order valence-electron chi connectivity index (χ0n) is 16.5. The molecule has 0 fully saturated rings. The number of benzene rings is 1. The third kappa shape index (κ3) is 4.34. The molecule has 3 heterocycles. The molecular weight excluding hydrogens is 386 g/mol. The molecule has 2 atom stereocenters. The molecule has 152 valence electrons. The second kappa shape index (κ2) is 8.78. The van der Waals surface area contributed by atoms with E-state index in [1.807, 2.05) is 42.2 Å². The van der Waals surface area contributed by atoms with Gasteiger partial charge >= 0.3 is 0 Å². The average molecular weight is 412 g/mol. The van der Waals surface area contributed by atoms with E-state index < -0.39 is 6.04 Å². The highest BCUT2D eigenvalue weighted by Crippen LogP contribution is 2.27. The van der Waals surface area contributed by atoms with Gasteiger partial charge < -0.3 is 15.1 Å². The van der Waals surface area contributed by atoms with E-state index in [0.29, 0.717) is 31.6 Å². The van der Waals surface area contributed by atoms with E-state index in [2.05, 4.69) is 21.9 Å². The molecule has 2 unspecified atom stereocenters. The van der Waals surface area contributed by atoms with Crippen molar-refractivity contribution in [3.63, 3.8) is 0 Å². The molecule has 29 heavy (non-hydrogen) atoms. The molecule has 1 N–H and O–H groups in total. The van der Waals surface area contributed by atoms with E-state index in [1.54, 1.807) is 11.3 Å². The molecule has 1 aromatic heterocycles. The van der Waals surface area contributed by atoms with E-state index in [1.165, 1.54) is 10.4 Å². The summed E-state index contributed by atoms with van der Waals surface area (Å²) in [6.45, 7) is 3.33. The van der Waals surface area contributed by atoms with Crippen LogP contribution in [0.4, 0.5) is 0 Å². The molecule has 2 aliphatic heterocycles. The van der Waals surface area contributed by atoms with Gasteiger partial charge in [0.05, 0.1) is 0 Å². The van der Waals surface area contributed by atoms with Crippen molar-refractivity contribution in [3.8, 4) is 0 Å². The first kappa shape index (κ1) is 19.6. The number of carbonyl (C=O) groups excluding carboxylic acids is 2. The van der Waals surface area contributed by atoms with Crippen molar-refractivity contribution >= 4 is 28.9 Å². The Balaban J connectivity index is 1.38. The normalized spacial score (nSPS) is 19.1. The number of amides is 2. The van der Waals surface area contributed by atoms with Crippen LogP contribution in [0.5, 0.6) is 0 Å². The fourth-order valence-corrected chi connectivity index (χ4v) is 4.69. The number of oxime groups is 1. The predicted molar refractivity (Wildman–Crippen MR) is 113 cm³/mol. The van der Waals surface area contributed by atoms with E-state index in [9.17, 15) is 9.59 Å². The second-order valence-electron chi connectivity index (χ2n) is 7.44. The maximum absolute atomic E-state index is 13.1. The fraction of sp³-hybridized carbons (Fsp3) is 0.409. The summed E-state index contributed by atoms with van der Waals surface area (Å²) in [5.41, 5.74) is 2.54. The smallest absolute Gasteiger partial charge is 0.269 e. The third-order valence-corrected chi connectivity index (χ3v) is 6.43. The third-order valence-electron chi connectivity index (χ3n) is 5.40. The van der Waals surface area contributed by atoms with Crippen LogP contribution >= 0.6 is 11.3 Å². The Bertz CT molecular complexity index is 909. The van der Waals surface area contributed by atoms with Crippen molar-refractivity contribution in [1.29, 1.82) is 0 Å². The van der Waals surface area contributed by atoms with Crippen molar-refractivity contribution in [2.45, 2.75) is 51.3 Å². The van der Waals surface area contributed by atoms with Crippen molar-refractivity contribution in [2.24, 2.45) is 5.16 Å². The lowest BCUT2D eigenvalue weighted by atomic mass is 10.0. The summed E-state index contributed by atoms with van der Waals surface area (Å²) < 4.78 is 0. The molecule has 1 aromatic carbocycles. The topological polar surface area (TPSA) is 71.0 Å². The SMILES string of the molecule is CCCC(NC(=O)C1=NOC(c2ccccc2)C1)C(=O)N1CCc2sccc2C1. The van der Waals surface area contributed by atoms with Crippen LogP contribution in [0.3, 0.4) is 0 Å². The van der Waals surface area contributed by atoms with Gasteiger partial charge in [0.2, 0.25) is 5.91 Å². The van der Waals surface area contributed by atoms with Crippen LogP contribution in [0.1, 0.15) is 48.3 Å². The zero-order chi connectivity index (χ0) is 20.2. The van der Waals surface area contributed by atoms with Gasteiger partial charge in [-0.2, -0.15) is 0 Å². The largest absolute Gasteiger partial charge is 0.387 e. The number of hydrogen-bond acceptors (Lipinski definition) is 5. The average Bonchev–Trinajstić information content (AvgIpc) is 3.42. The first-order valence-corrected chi connectivity index (χ1v) is 11.0. The van der Waals surface area contributed by atoms with Crippen LogP contribution in [0.2, 0.25) is 0 Å². The molecule has 6 nitrogen and oxygen atoms in total. The summed E-state index contributed by atoms with van der Waals surface area (Å²) in [7, 11) is 0. The molecule has 0 bridgehead atoms. The molecule has 2 aromatic rings. The molecule has 2 aliphatic rings. The molecule has 0 spiro atoms. The fourth-order valence-electron chi connectivity index (χ4n) is 3.80. The summed E-state index contributed by atoms with van der Waals surface area (Å²) in [4.78, 5) is 34.5. The Hall–Kier alpha value is -2.67. The van der Waals surface area contributed by atoms with Gasteiger partial charge in [0.15, 0.2) is 6.10 Å². The van der Waals surface area contributed by atoms with Crippen LogP contribution in [0, 0.1) is 0 Å². The summed E-state index contributed by atoms with van der Waals surface area (Å²) in [5.74, 6) is -0.334. The highest BCUT2D eigenvalue weighted by atomic mass is 32.1. The molecule has 0 radical (unpaired) electrons. The second-order valence-corrected chi connectivity index (χ2v) is 8.44. The predicted octanol–water partition coefficient (Wildman–Crippen LogP) is 3.44. The van der Waals surface area contributed by atoms with E-state index in [-0.39, 0.29) is 17.9 Å².